The predicted octanol–water partition coefficient (Wildman–Crippen LogP) is 3.04. The molecule has 0 saturated carbocycles. The molecule has 0 aliphatic rings. The van der Waals surface area contributed by atoms with Crippen LogP contribution in [0.15, 0.2) is 45.7 Å². The van der Waals surface area contributed by atoms with Crippen LogP contribution in [0.1, 0.15) is 11.5 Å². The zero-order valence-corrected chi connectivity index (χ0v) is 10.5. The third-order valence-corrected chi connectivity index (χ3v) is 3.13. The summed E-state index contributed by atoms with van der Waals surface area (Å²) in [4.78, 5) is 1.12. The summed E-state index contributed by atoms with van der Waals surface area (Å²) in [6.07, 6.45) is 2.03. The number of hydrogen-bond donors (Lipinski definition) is 1. The third kappa shape index (κ3) is 3.05. The Labute approximate surface area is 105 Å². The van der Waals surface area contributed by atoms with Crippen LogP contribution in [-0.2, 0) is 13.2 Å². The normalized spacial score (nSPS) is 10.5. The Hall–Kier alpha value is -1.39. The fourth-order valence-electron chi connectivity index (χ4n) is 1.50. The fraction of sp³-hybridized carbons (Fsp3) is 0.231. The summed E-state index contributed by atoms with van der Waals surface area (Å²) in [6, 6.07) is 11.7. The summed E-state index contributed by atoms with van der Waals surface area (Å²) in [6.45, 7) is 0.846. The first-order valence-corrected chi connectivity index (χ1v) is 6.59. The maximum absolute atomic E-state index is 5.72. The second kappa shape index (κ2) is 5.80. The largest absolute Gasteiger partial charge is 0.484 e. The SMILES string of the molecule is CSc1ccccc1OCc1ccc(CN)o1. The van der Waals surface area contributed by atoms with E-state index in [1.165, 1.54) is 0 Å². The van der Waals surface area contributed by atoms with E-state index in [4.69, 9.17) is 14.9 Å². The zero-order chi connectivity index (χ0) is 12.1. The van der Waals surface area contributed by atoms with Crippen LogP contribution in [0, 0.1) is 0 Å². The molecule has 0 atom stereocenters. The lowest BCUT2D eigenvalue weighted by atomic mass is 10.3. The summed E-state index contributed by atoms with van der Waals surface area (Å²) in [5.41, 5.74) is 5.48. The number of thioether (sulfide) groups is 1. The third-order valence-electron chi connectivity index (χ3n) is 2.36. The van der Waals surface area contributed by atoms with Crippen molar-refractivity contribution in [3.63, 3.8) is 0 Å². The highest BCUT2D eigenvalue weighted by atomic mass is 32.2. The average molecular weight is 249 g/mol. The summed E-state index contributed by atoms with van der Waals surface area (Å²) >= 11 is 1.66. The van der Waals surface area contributed by atoms with Gasteiger partial charge in [-0.05, 0) is 30.5 Å². The highest BCUT2D eigenvalue weighted by molar-refractivity contribution is 7.98. The van der Waals surface area contributed by atoms with Crippen LogP contribution in [0.25, 0.3) is 0 Å². The van der Waals surface area contributed by atoms with Gasteiger partial charge in [0.05, 0.1) is 6.54 Å². The predicted molar refractivity (Wildman–Crippen MR) is 69.2 cm³/mol. The van der Waals surface area contributed by atoms with Crippen LogP contribution in [0.3, 0.4) is 0 Å². The van der Waals surface area contributed by atoms with Crippen LogP contribution in [0.2, 0.25) is 0 Å². The minimum Gasteiger partial charge on any atom is -0.484 e. The van der Waals surface area contributed by atoms with E-state index in [0.29, 0.717) is 13.2 Å². The number of hydrogen-bond acceptors (Lipinski definition) is 4. The molecule has 90 valence electrons. The second-order valence-electron chi connectivity index (χ2n) is 3.51. The summed E-state index contributed by atoms with van der Waals surface area (Å²) in [7, 11) is 0. The molecule has 4 heteroatoms. The Morgan fingerprint density at radius 3 is 2.65 bits per heavy atom. The molecular weight excluding hydrogens is 234 g/mol. The Morgan fingerprint density at radius 1 is 1.18 bits per heavy atom. The van der Waals surface area contributed by atoms with Crippen molar-refractivity contribution in [2.24, 2.45) is 5.73 Å². The lowest BCUT2D eigenvalue weighted by molar-refractivity contribution is 0.260. The molecule has 2 rings (SSSR count). The van der Waals surface area contributed by atoms with E-state index in [9.17, 15) is 0 Å². The number of benzene rings is 1. The van der Waals surface area contributed by atoms with Crippen LogP contribution in [-0.4, -0.2) is 6.26 Å². The first-order valence-electron chi connectivity index (χ1n) is 5.37. The zero-order valence-electron chi connectivity index (χ0n) is 9.68. The van der Waals surface area contributed by atoms with Gasteiger partial charge in [0, 0.05) is 4.90 Å². The van der Waals surface area contributed by atoms with Gasteiger partial charge in [0.25, 0.3) is 0 Å². The van der Waals surface area contributed by atoms with Crippen molar-refractivity contribution in [2.75, 3.05) is 6.26 Å². The molecule has 1 aromatic heterocycles. The molecule has 0 amide bonds. The van der Waals surface area contributed by atoms with Gasteiger partial charge >= 0.3 is 0 Å². The molecule has 0 saturated heterocycles. The summed E-state index contributed by atoms with van der Waals surface area (Å²) in [5, 5.41) is 0. The number of rotatable bonds is 5. The topological polar surface area (TPSA) is 48.4 Å². The van der Waals surface area contributed by atoms with Gasteiger partial charge in [0.2, 0.25) is 0 Å². The highest BCUT2D eigenvalue weighted by Crippen LogP contribution is 2.27. The first-order chi connectivity index (χ1) is 8.33. The van der Waals surface area contributed by atoms with E-state index >= 15 is 0 Å². The molecule has 1 heterocycles. The van der Waals surface area contributed by atoms with Gasteiger partial charge in [0.1, 0.15) is 23.9 Å². The van der Waals surface area contributed by atoms with Gasteiger partial charge in [-0.25, -0.2) is 0 Å². The van der Waals surface area contributed by atoms with E-state index in [2.05, 4.69) is 0 Å². The smallest absolute Gasteiger partial charge is 0.146 e. The van der Waals surface area contributed by atoms with E-state index in [1.807, 2.05) is 42.7 Å². The minimum atomic E-state index is 0.418. The standard InChI is InChI=1S/C13H15NO2S/c1-17-13-5-3-2-4-12(13)15-9-11-7-6-10(8-14)16-11/h2-7H,8-9,14H2,1H3. The van der Waals surface area contributed by atoms with Crippen molar-refractivity contribution in [3.8, 4) is 5.75 Å². The van der Waals surface area contributed by atoms with Gasteiger partial charge in [-0.15, -0.1) is 11.8 Å². The van der Waals surface area contributed by atoms with Gasteiger partial charge in [0.15, 0.2) is 0 Å². The van der Waals surface area contributed by atoms with E-state index in [0.717, 1.165) is 22.2 Å². The van der Waals surface area contributed by atoms with Crippen LogP contribution >= 0.6 is 11.8 Å². The lowest BCUT2D eigenvalue weighted by Gasteiger charge is -2.08. The fourth-order valence-corrected chi connectivity index (χ4v) is 2.04. The number of furan rings is 1. The van der Waals surface area contributed by atoms with Crippen molar-refractivity contribution < 1.29 is 9.15 Å². The summed E-state index contributed by atoms with van der Waals surface area (Å²) in [5.74, 6) is 2.45. The van der Waals surface area contributed by atoms with Crippen molar-refractivity contribution in [1.82, 2.24) is 0 Å². The van der Waals surface area contributed by atoms with Crippen LogP contribution in [0.5, 0.6) is 5.75 Å². The Kier molecular flexibility index (Phi) is 4.12. The quantitative estimate of drug-likeness (QED) is 0.827. The average Bonchev–Trinajstić information content (AvgIpc) is 2.84. The van der Waals surface area contributed by atoms with Crippen molar-refractivity contribution in [3.05, 3.63) is 47.9 Å². The molecule has 0 aliphatic heterocycles. The molecule has 17 heavy (non-hydrogen) atoms. The van der Waals surface area contributed by atoms with Crippen LogP contribution in [0.4, 0.5) is 0 Å². The molecule has 0 spiro atoms. The Bertz CT molecular complexity index is 482. The van der Waals surface area contributed by atoms with Gasteiger partial charge in [-0.3, -0.25) is 0 Å². The Morgan fingerprint density at radius 2 is 1.94 bits per heavy atom. The maximum atomic E-state index is 5.72. The first kappa shape index (κ1) is 12.1. The second-order valence-corrected chi connectivity index (χ2v) is 4.36. The van der Waals surface area contributed by atoms with Crippen molar-refractivity contribution >= 4 is 11.8 Å². The van der Waals surface area contributed by atoms with Crippen LogP contribution < -0.4 is 10.5 Å². The molecule has 0 aliphatic carbocycles. The minimum absolute atomic E-state index is 0.418. The Balaban J connectivity index is 2.01. The monoisotopic (exact) mass is 249 g/mol. The summed E-state index contributed by atoms with van der Waals surface area (Å²) < 4.78 is 11.2. The number of para-hydroxylation sites is 1. The van der Waals surface area contributed by atoms with E-state index in [-0.39, 0.29) is 0 Å². The number of nitrogens with two attached hydrogens (primary N) is 1. The maximum Gasteiger partial charge on any atom is 0.146 e. The molecule has 2 aromatic rings. The molecule has 0 unspecified atom stereocenters. The molecule has 1 aromatic carbocycles. The van der Waals surface area contributed by atoms with Gasteiger partial charge < -0.3 is 14.9 Å². The van der Waals surface area contributed by atoms with E-state index < -0.39 is 0 Å². The van der Waals surface area contributed by atoms with Crippen molar-refractivity contribution in [1.29, 1.82) is 0 Å². The molecule has 0 fully saturated rings. The van der Waals surface area contributed by atoms with Gasteiger partial charge in [-0.2, -0.15) is 0 Å². The molecule has 0 radical (unpaired) electrons. The van der Waals surface area contributed by atoms with E-state index in [1.54, 1.807) is 11.8 Å². The molecule has 2 N–H and O–H groups in total. The molecule has 3 nitrogen and oxygen atoms in total. The van der Waals surface area contributed by atoms with Crippen molar-refractivity contribution in [2.45, 2.75) is 18.0 Å². The lowest BCUT2D eigenvalue weighted by Crippen LogP contribution is -1.96. The van der Waals surface area contributed by atoms with Gasteiger partial charge in [-0.1, -0.05) is 12.1 Å². The molecular formula is C13H15NO2S. The number of ether oxygens (including phenoxy) is 1. The highest BCUT2D eigenvalue weighted by Gasteiger charge is 2.04. The molecule has 0 bridgehead atoms.